The van der Waals surface area contributed by atoms with E-state index in [-0.39, 0.29) is 16.9 Å². The number of hydrogen-bond acceptors (Lipinski definition) is 4. The predicted octanol–water partition coefficient (Wildman–Crippen LogP) is 2.86. The third-order valence-corrected chi connectivity index (χ3v) is 7.29. The minimum atomic E-state index is -3.67. The van der Waals surface area contributed by atoms with E-state index in [1.165, 1.54) is 12.1 Å². The van der Waals surface area contributed by atoms with Gasteiger partial charge in [0.15, 0.2) is 0 Å². The first-order valence-corrected chi connectivity index (χ1v) is 10.2. The van der Waals surface area contributed by atoms with Crippen LogP contribution in [0.3, 0.4) is 0 Å². The van der Waals surface area contributed by atoms with Crippen molar-refractivity contribution in [2.24, 2.45) is 0 Å². The maximum absolute atomic E-state index is 13.4. The van der Waals surface area contributed by atoms with Crippen molar-refractivity contribution in [3.63, 3.8) is 0 Å². The molecule has 1 saturated heterocycles. The van der Waals surface area contributed by atoms with Crippen LogP contribution in [-0.4, -0.2) is 39.5 Å². The van der Waals surface area contributed by atoms with Crippen LogP contribution in [0.5, 0.6) is 0 Å². The number of nitrogens with zero attached hydrogens (tertiary/aromatic N) is 3. The van der Waals surface area contributed by atoms with E-state index in [4.69, 9.17) is 5.26 Å². The van der Waals surface area contributed by atoms with Crippen molar-refractivity contribution in [2.75, 3.05) is 24.4 Å². The molecule has 0 saturated carbocycles. The summed E-state index contributed by atoms with van der Waals surface area (Å²) in [4.78, 5) is 2.51. The molecule has 0 aromatic heterocycles. The van der Waals surface area contributed by atoms with E-state index in [0.29, 0.717) is 5.56 Å². The third kappa shape index (κ3) is 2.59. The van der Waals surface area contributed by atoms with Gasteiger partial charge in [0, 0.05) is 12.5 Å². The van der Waals surface area contributed by atoms with Crippen LogP contribution in [0.2, 0.25) is 0 Å². The molecule has 26 heavy (non-hydrogen) atoms. The SMILES string of the molecule is Cc1ccc2c(c1)[C@H]1CN(C)CC[C@H]1N2S(=O)(=O)c1ccc(C#N)cc1. The smallest absolute Gasteiger partial charge is 0.264 e. The number of likely N-dealkylation sites (N-methyl/N-ethyl adjacent to an activating group) is 1. The van der Waals surface area contributed by atoms with Gasteiger partial charge in [-0.1, -0.05) is 17.7 Å². The molecule has 0 spiro atoms. The minimum absolute atomic E-state index is 0.0522. The number of likely N-dealkylation sites (tertiary alicyclic amines) is 1. The van der Waals surface area contributed by atoms with Gasteiger partial charge >= 0.3 is 0 Å². The normalized spacial score (nSPS) is 22.6. The second kappa shape index (κ2) is 6.11. The highest BCUT2D eigenvalue weighted by Crippen LogP contribution is 2.47. The van der Waals surface area contributed by atoms with Crippen LogP contribution in [0.1, 0.15) is 29.0 Å². The van der Waals surface area contributed by atoms with Crippen LogP contribution >= 0.6 is 0 Å². The zero-order valence-electron chi connectivity index (χ0n) is 14.9. The van der Waals surface area contributed by atoms with Crippen molar-refractivity contribution >= 4 is 15.7 Å². The summed E-state index contributed by atoms with van der Waals surface area (Å²) >= 11 is 0. The van der Waals surface area contributed by atoms with Crippen molar-refractivity contribution in [1.29, 1.82) is 5.26 Å². The highest BCUT2D eigenvalue weighted by atomic mass is 32.2. The molecule has 2 aliphatic rings. The van der Waals surface area contributed by atoms with E-state index < -0.39 is 10.0 Å². The van der Waals surface area contributed by atoms with Crippen molar-refractivity contribution < 1.29 is 8.42 Å². The lowest BCUT2D eigenvalue weighted by atomic mass is 9.89. The summed E-state index contributed by atoms with van der Waals surface area (Å²) in [7, 11) is -1.59. The van der Waals surface area contributed by atoms with E-state index in [2.05, 4.69) is 18.0 Å². The number of sulfonamides is 1. The van der Waals surface area contributed by atoms with Crippen LogP contribution < -0.4 is 4.31 Å². The van der Waals surface area contributed by atoms with Gasteiger partial charge in [-0.05, 0) is 62.8 Å². The Kier molecular flexibility index (Phi) is 4.02. The number of piperidine rings is 1. The number of nitriles is 1. The van der Waals surface area contributed by atoms with Crippen molar-refractivity contribution in [1.82, 2.24) is 4.90 Å². The summed E-state index contributed by atoms with van der Waals surface area (Å²) < 4.78 is 28.5. The van der Waals surface area contributed by atoms with Gasteiger partial charge in [-0.25, -0.2) is 8.42 Å². The number of benzene rings is 2. The number of rotatable bonds is 2. The molecule has 4 rings (SSSR count). The molecule has 134 valence electrons. The van der Waals surface area contributed by atoms with Crippen molar-refractivity contribution in [3.8, 4) is 6.07 Å². The minimum Gasteiger partial charge on any atom is -0.306 e. The molecule has 0 aliphatic carbocycles. The first kappa shape index (κ1) is 17.1. The lowest BCUT2D eigenvalue weighted by molar-refractivity contribution is 0.237. The number of hydrogen-bond donors (Lipinski definition) is 0. The van der Waals surface area contributed by atoms with E-state index in [9.17, 15) is 8.42 Å². The summed E-state index contributed by atoms with van der Waals surface area (Å²) in [5.41, 5.74) is 3.52. The molecule has 0 N–H and O–H groups in total. The summed E-state index contributed by atoms with van der Waals surface area (Å²) in [5.74, 6) is 0.191. The van der Waals surface area contributed by atoms with Crippen molar-refractivity contribution in [2.45, 2.75) is 30.2 Å². The van der Waals surface area contributed by atoms with Gasteiger partial charge in [-0.2, -0.15) is 5.26 Å². The van der Waals surface area contributed by atoms with Crippen LogP contribution in [-0.2, 0) is 10.0 Å². The Hall–Kier alpha value is -2.36. The van der Waals surface area contributed by atoms with Gasteiger partial charge in [0.05, 0.1) is 28.3 Å². The molecule has 2 atom stereocenters. The van der Waals surface area contributed by atoms with Gasteiger partial charge in [0.25, 0.3) is 10.0 Å². The Morgan fingerprint density at radius 3 is 2.58 bits per heavy atom. The Labute approximate surface area is 154 Å². The summed E-state index contributed by atoms with van der Waals surface area (Å²) in [6.45, 7) is 3.79. The standard InChI is InChI=1S/C20H21N3O2S/c1-14-3-8-19-17(11-14)18-13-22(2)10-9-20(18)23(19)26(24,25)16-6-4-15(12-21)5-7-16/h3-8,11,18,20H,9-10,13H2,1-2H3/t18-,20-/m1/s1. The fraction of sp³-hybridized carbons (Fsp3) is 0.350. The highest BCUT2D eigenvalue weighted by molar-refractivity contribution is 7.92. The van der Waals surface area contributed by atoms with Crippen LogP contribution in [0.25, 0.3) is 0 Å². The van der Waals surface area contributed by atoms with Gasteiger partial charge in [-0.15, -0.1) is 0 Å². The summed E-state index contributed by atoms with van der Waals surface area (Å²) in [6.07, 6.45) is 0.810. The fourth-order valence-corrected chi connectivity index (χ4v) is 5.90. The van der Waals surface area contributed by atoms with Gasteiger partial charge in [0.2, 0.25) is 0 Å². The molecule has 2 aliphatic heterocycles. The second-order valence-electron chi connectivity index (χ2n) is 7.22. The molecule has 0 unspecified atom stereocenters. The second-order valence-corrected chi connectivity index (χ2v) is 9.04. The first-order valence-electron chi connectivity index (χ1n) is 8.75. The molecule has 0 radical (unpaired) electrons. The van der Waals surface area contributed by atoms with E-state index >= 15 is 0 Å². The molecular formula is C20H21N3O2S. The molecule has 0 bridgehead atoms. The van der Waals surface area contributed by atoms with Crippen LogP contribution in [0.4, 0.5) is 5.69 Å². The molecule has 1 fully saturated rings. The Morgan fingerprint density at radius 2 is 1.88 bits per heavy atom. The predicted molar refractivity (Wildman–Crippen MR) is 101 cm³/mol. The largest absolute Gasteiger partial charge is 0.306 e. The molecule has 6 heteroatoms. The quantitative estimate of drug-likeness (QED) is 0.819. The third-order valence-electron chi connectivity index (χ3n) is 5.44. The lowest BCUT2D eigenvalue weighted by Crippen LogP contribution is -2.47. The van der Waals surface area contributed by atoms with E-state index in [1.54, 1.807) is 16.4 Å². The monoisotopic (exact) mass is 367 g/mol. The van der Waals surface area contributed by atoms with Gasteiger partial charge in [0.1, 0.15) is 0 Å². The summed E-state index contributed by atoms with van der Waals surface area (Å²) in [5, 5.41) is 8.96. The fourth-order valence-electron chi connectivity index (χ4n) is 4.16. The average molecular weight is 367 g/mol. The molecule has 2 aromatic carbocycles. The molecule has 2 heterocycles. The van der Waals surface area contributed by atoms with Crippen LogP contribution in [0.15, 0.2) is 47.4 Å². The van der Waals surface area contributed by atoms with E-state index in [0.717, 1.165) is 36.3 Å². The van der Waals surface area contributed by atoms with Crippen LogP contribution in [0, 0.1) is 18.3 Å². The maximum atomic E-state index is 13.4. The lowest BCUT2D eigenvalue weighted by Gasteiger charge is -2.36. The molecular weight excluding hydrogens is 346 g/mol. The molecule has 2 aromatic rings. The average Bonchev–Trinajstić information content (AvgIpc) is 2.95. The highest BCUT2D eigenvalue weighted by Gasteiger charge is 2.46. The topological polar surface area (TPSA) is 64.4 Å². The maximum Gasteiger partial charge on any atom is 0.264 e. The zero-order chi connectivity index (χ0) is 18.5. The first-order chi connectivity index (χ1) is 12.4. The summed E-state index contributed by atoms with van der Waals surface area (Å²) in [6, 6.07) is 14.2. The van der Waals surface area contributed by atoms with Gasteiger partial charge < -0.3 is 4.90 Å². The molecule has 0 amide bonds. The van der Waals surface area contributed by atoms with Crippen molar-refractivity contribution in [3.05, 3.63) is 59.2 Å². The Bertz CT molecular complexity index is 993. The number of anilines is 1. The van der Waals surface area contributed by atoms with E-state index in [1.807, 2.05) is 25.1 Å². The molecule has 5 nitrogen and oxygen atoms in total. The Morgan fingerprint density at radius 1 is 1.15 bits per heavy atom. The zero-order valence-corrected chi connectivity index (χ0v) is 15.7. The number of aryl methyl sites for hydroxylation is 1. The van der Waals surface area contributed by atoms with Gasteiger partial charge in [-0.3, -0.25) is 4.31 Å². The number of fused-ring (bicyclic) bond motifs is 3. The Balaban J connectivity index is 1.83.